The van der Waals surface area contributed by atoms with Crippen molar-refractivity contribution in [3.05, 3.63) is 29.6 Å². The van der Waals surface area contributed by atoms with Crippen LogP contribution in [-0.4, -0.2) is 6.10 Å². The van der Waals surface area contributed by atoms with E-state index in [0.29, 0.717) is 11.3 Å². The molecule has 0 N–H and O–H groups in total. The first-order valence-electron chi connectivity index (χ1n) is 4.45. The van der Waals surface area contributed by atoms with Crippen LogP contribution in [-0.2, 0) is 6.42 Å². The van der Waals surface area contributed by atoms with Gasteiger partial charge in [0.1, 0.15) is 11.6 Å². The smallest absolute Gasteiger partial charge is 0.127 e. The molecule has 1 aromatic carbocycles. The van der Waals surface area contributed by atoms with Crippen LogP contribution in [0.4, 0.5) is 4.39 Å². The van der Waals surface area contributed by atoms with Gasteiger partial charge in [0.15, 0.2) is 0 Å². The van der Waals surface area contributed by atoms with Crippen LogP contribution in [0.3, 0.4) is 0 Å². The first-order chi connectivity index (χ1) is 6.63. The Morgan fingerprint density at radius 1 is 1.50 bits per heavy atom. The van der Waals surface area contributed by atoms with Crippen LogP contribution in [0.5, 0.6) is 5.75 Å². The predicted molar refractivity (Wildman–Crippen MR) is 51.5 cm³/mol. The molecule has 1 rings (SSSR count). The highest BCUT2D eigenvalue weighted by atomic mass is 19.1. The Hall–Kier alpha value is -1.56. The third-order valence-corrected chi connectivity index (χ3v) is 1.66. The fourth-order valence-electron chi connectivity index (χ4n) is 1.12. The number of nitriles is 1. The molecule has 2 nitrogen and oxygen atoms in total. The highest BCUT2D eigenvalue weighted by molar-refractivity contribution is 5.31. The molecule has 0 atom stereocenters. The van der Waals surface area contributed by atoms with E-state index in [1.165, 1.54) is 6.07 Å². The zero-order valence-corrected chi connectivity index (χ0v) is 8.25. The molecule has 0 unspecified atom stereocenters. The summed E-state index contributed by atoms with van der Waals surface area (Å²) in [4.78, 5) is 0. The minimum Gasteiger partial charge on any atom is -0.491 e. The second-order valence-corrected chi connectivity index (χ2v) is 3.25. The van der Waals surface area contributed by atoms with Gasteiger partial charge in [0.25, 0.3) is 0 Å². The van der Waals surface area contributed by atoms with Gasteiger partial charge in [0, 0.05) is 5.56 Å². The van der Waals surface area contributed by atoms with E-state index in [9.17, 15) is 4.39 Å². The van der Waals surface area contributed by atoms with E-state index in [-0.39, 0.29) is 18.3 Å². The molecule has 0 aliphatic heterocycles. The monoisotopic (exact) mass is 193 g/mol. The fourth-order valence-corrected chi connectivity index (χ4v) is 1.12. The molecule has 0 heterocycles. The van der Waals surface area contributed by atoms with E-state index in [0.717, 1.165) is 0 Å². The van der Waals surface area contributed by atoms with Crippen molar-refractivity contribution in [3.63, 3.8) is 0 Å². The average Bonchev–Trinajstić information content (AvgIpc) is 2.10. The van der Waals surface area contributed by atoms with Crippen molar-refractivity contribution in [1.82, 2.24) is 0 Å². The lowest BCUT2D eigenvalue weighted by atomic mass is 10.1. The van der Waals surface area contributed by atoms with Crippen LogP contribution < -0.4 is 4.74 Å². The Labute approximate surface area is 82.9 Å². The second-order valence-electron chi connectivity index (χ2n) is 3.25. The molecule has 14 heavy (non-hydrogen) atoms. The van der Waals surface area contributed by atoms with E-state index in [1.807, 2.05) is 19.9 Å². The summed E-state index contributed by atoms with van der Waals surface area (Å²) in [6, 6.07) is 6.37. The van der Waals surface area contributed by atoms with Crippen molar-refractivity contribution in [2.45, 2.75) is 26.4 Å². The summed E-state index contributed by atoms with van der Waals surface area (Å²) < 4.78 is 18.5. The number of ether oxygens (including phenoxy) is 1. The number of rotatable bonds is 3. The van der Waals surface area contributed by atoms with Gasteiger partial charge in [-0.15, -0.1) is 0 Å². The topological polar surface area (TPSA) is 33.0 Å². The van der Waals surface area contributed by atoms with Gasteiger partial charge in [-0.1, -0.05) is 0 Å². The van der Waals surface area contributed by atoms with E-state index in [1.54, 1.807) is 12.1 Å². The van der Waals surface area contributed by atoms with E-state index in [2.05, 4.69) is 0 Å². The third-order valence-electron chi connectivity index (χ3n) is 1.66. The standard InChI is InChI=1S/C11H12FNO/c1-8(2)14-10-3-4-11(12)9(7-10)5-6-13/h3-4,7-8H,5H2,1-2H3. The maximum absolute atomic E-state index is 13.1. The van der Waals surface area contributed by atoms with Crippen LogP contribution in [0.25, 0.3) is 0 Å². The molecule has 0 saturated carbocycles. The van der Waals surface area contributed by atoms with Crippen molar-refractivity contribution in [1.29, 1.82) is 5.26 Å². The molecule has 0 spiro atoms. The highest BCUT2D eigenvalue weighted by Gasteiger charge is 2.04. The lowest BCUT2D eigenvalue weighted by molar-refractivity contribution is 0.242. The van der Waals surface area contributed by atoms with Gasteiger partial charge < -0.3 is 4.74 Å². The summed E-state index contributed by atoms with van der Waals surface area (Å²) in [6.45, 7) is 3.79. The lowest BCUT2D eigenvalue weighted by Gasteiger charge is -2.10. The van der Waals surface area contributed by atoms with Crippen LogP contribution >= 0.6 is 0 Å². The summed E-state index contributed by atoms with van der Waals surface area (Å²) >= 11 is 0. The van der Waals surface area contributed by atoms with Gasteiger partial charge in [-0.3, -0.25) is 0 Å². The van der Waals surface area contributed by atoms with Gasteiger partial charge in [0.05, 0.1) is 18.6 Å². The molecule has 74 valence electrons. The molecule has 0 fully saturated rings. The van der Waals surface area contributed by atoms with Gasteiger partial charge in [-0.2, -0.15) is 5.26 Å². The molecule has 3 heteroatoms. The molecule has 1 aromatic rings. The molecule has 0 amide bonds. The SMILES string of the molecule is CC(C)Oc1ccc(F)c(CC#N)c1. The summed E-state index contributed by atoms with van der Waals surface area (Å²) in [5.41, 5.74) is 0.380. The molecule has 0 aliphatic carbocycles. The third kappa shape index (κ3) is 2.74. The van der Waals surface area contributed by atoms with Gasteiger partial charge in [-0.25, -0.2) is 4.39 Å². The maximum atomic E-state index is 13.1. The number of benzene rings is 1. The van der Waals surface area contributed by atoms with Crippen molar-refractivity contribution >= 4 is 0 Å². The Balaban J connectivity index is 2.89. The molecule has 0 radical (unpaired) electrons. The van der Waals surface area contributed by atoms with Crippen molar-refractivity contribution < 1.29 is 9.13 Å². The highest BCUT2D eigenvalue weighted by Crippen LogP contribution is 2.18. The fraction of sp³-hybridized carbons (Fsp3) is 0.364. The number of hydrogen-bond donors (Lipinski definition) is 0. The average molecular weight is 193 g/mol. The van der Waals surface area contributed by atoms with Crippen molar-refractivity contribution in [3.8, 4) is 11.8 Å². The summed E-state index contributed by atoms with van der Waals surface area (Å²) in [5, 5.41) is 8.46. The molecular weight excluding hydrogens is 181 g/mol. The Morgan fingerprint density at radius 2 is 2.21 bits per heavy atom. The summed E-state index contributed by atoms with van der Waals surface area (Å²) in [6.07, 6.45) is 0.122. The first kappa shape index (κ1) is 10.5. The minimum atomic E-state index is -0.359. The van der Waals surface area contributed by atoms with Crippen LogP contribution in [0.15, 0.2) is 18.2 Å². The van der Waals surface area contributed by atoms with Gasteiger partial charge in [-0.05, 0) is 32.0 Å². The number of hydrogen-bond acceptors (Lipinski definition) is 2. The van der Waals surface area contributed by atoms with Crippen LogP contribution in [0.2, 0.25) is 0 Å². The second kappa shape index (κ2) is 4.61. The van der Waals surface area contributed by atoms with Crippen LogP contribution in [0.1, 0.15) is 19.4 Å². The summed E-state index contributed by atoms with van der Waals surface area (Å²) in [5.74, 6) is 0.245. The van der Waals surface area contributed by atoms with E-state index < -0.39 is 0 Å². The Bertz CT molecular complexity index is 355. The maximum Gasteiger partial charge on any atom is 0.127 e. The van der Waals surface area contributed by atoms with E-state index >= 15 is 0 Å². The van der Waals surface area contributed by atoms with Crippen molar-refractivity contribution in [2.24, 2.45) is 0 Å². The lowest BCUT2D eigenvalue weighted by Crippen LogP contribution is -2.06. The minimum absolute atomic E-state index is 0.0513. The zero-order valence-electron chi connectivity index (χ0n) is 8.25. The molecular formula is C11H12FNO. The quantitative estimate of drug-likeness (QED) is 0.739. The van der Waals surface area contributed by atoms with Gasteiger partial charge >= 0.3 is 0 Å². The molecule has 0 saturated heterocycles. The van der Waals surface area contributed by atoms with Crippen molar-refractivity contribution in [2.75, 3.05) is 0 Å². The van der Waals surface area contributed by atoms with Crippen LogP contribution in [0, 0.1) is 17.1 Å². The summed E-state index contributed by atoms with van der Waals surface area (Å²) in [7, 11) is 0. The van der Waals surface area contributed by atoms with E-state index in [4.69, 9.17) is 10.00 Å². The molecule has 0 aliphatic rings. The number of nitrogens with zero attached hydrogens (tertiary/aromatic N) is 1. The molecule has 0 bridgehead atoms. The largest absolute Gasteiger partial charge is 0.491 e. The van der Waals surface area contributed by atoms with Gasteiger partial charge in [0.2, 0.25) is 0 Å². The predicted octanol–water partition coefficient (Wildman–Crippen LogP) is 2.68. The number of halogens is 1. The zero-order chi connectivity index (χ0) is 10.6. The molecule has 0 aromatic heterocycles. The normalized spacial score (nSPS) is 9.93. The first-order valence-corrected chi connectivity index (χ1v) is 4.45. The Kier molecular flexibility index (Phi) is 3.47. The Morgan fingerprint density at radius 3 is 2.79 bits per heavy atom.